The SMILES string of the molecule is COC(=O)c1ccc(CSc2nc3ccncc3n2Cc2ccccc2F)cc1. The lowest BCUT2D eigenvalue weighted by Crippen LogP contribution is -2.04. The van der Waals surface area contributed by atoms with Gasteiger partial charge in [-0.05, 0) is 29.8 Å². The van der Waals surface area contributed by atoms with Crippen LogP contribution in [0.25, 0.3) is 11.0 Å². The summed E-state index contributed by atoms with van der Waals surface area (Å²) in [6.45, 7) is 0.373. The number of carbonyl (C=O) groups excluding carboxylic acids is 1. The Labute approximate surface area is 171 Å². The van der Waals surface area contributed by atoms with Crippen LogP contribution >= 0.6 is 11.8 Å². The van der Waals surface area contributed by atoms with Crippen LogP contribution in [0.3, 0.4) is 0 Å². The number of ether oxygens (including phenoxy) is 1. The first kappa shape index (κ1) is 19.1. The highest BCUT2D eigenvalue weighted by molar-refractivity contribution is 7.98. The molecule has 4 aromatic rings. The molecule has 0 fully saturated rings. The summed E-state index contributed by atoms with van der Waals surface area (Å²) in [6.07, 6.45) is 3.45. The number of thioether (sulfide) groups is 1. The minimum Gasteiger partial charge on any atom is -0.465 e. The number of carbonyl (C=O) groups is 1. The maximum absolute atomic E-state index is 14.2. The van der Waals surface area contributed by atoms with Gasteiger partial charge >= 0.3 is 5.97 Å². The van der Waals surface area contributed by atoms with Crippen LogP contribution in [0.4, 0.5) is 4.39 Å². The van der Waals surface area contributed by atoms with Crippen LogP contribution in [0.1, 0.15) is 21.5 Å². The number of hydrogen-bond acceptors (Lipinski definition) is 5. The van der Waals surface area contributed by atoms with E-state index in [0.717, 1.165) is 21.8 Å². The van der Waals surface area contributed by atoms with Gasteiger partial charge in [0.25, 0.3) is 0 Å². The molecule has 0 aliphatic carbocycles. The molecule has 5 nitrogen and oxygen atoms in total. The van der Waals surface area contributed by atoms with Crippen molar-refractivity contribution >= 4 is 28.8 Å². The maximum Gasteiger partial charge on any atom is 0.337 e. The summed E-state index contributed by atoms with van der Waals surface area (Å²) in [4.78, 5) is 20.5. The topological polar surface area (TPSA) is 57.0 Å². The molecule has 2 aromatic heterocycles. The Bertz CT molecular complexity index is 1160. The maximum atomic E-state index is 14.2. The Balaban J connectivity index is 1.60. The standard InChI is InChI=1S/C22H18FN3O2S/c1-28-21(27)16-8-6-15(7-9-16)14-29-22-25-19-10-11-24-12-20(19)26(22)13-17-4-2-3-5-18(17)23/h2-12H,13-14H2,1H3. The molecule has 0 aliphatic heterocycles. The average Bonchev–Trinajstić information content (AvgIpc) is 3.11. The van der Waals surface area contributed by atoms with Crippen molar-refractivity contribution in [2.45, 2.75) is 17.5 Å². The molecule has 0 aliphatic rings. The summed E-state index contributed by atoms with van der Waals surface area (Å²) >= 11 is 1.56. The van der Waals surface area contributed by atoms with Crippen molar-refractivity contribution in [2.24, 2.45) is 0 Å². The van der Waals surface area contributed by atoms with Crippen LogP contribution in [0.15, 0.2) is 72.1 Å². The van der Waals surface area contributed by atoms with Crippen LogP contribution < -0.4 is 0 Å². The zero-order valence-electron chi connectivity index (χ0n) is 15.7. The largest absolute Gasteiger partial charge is 0.465 e. The van der Waals surface area contributed by atoms with E-state index in [2.05, 4.69) is 4.98 Å². The van der Waals surface area contributed by atoms with E-state index in [1.54, 1.807) is 48.4 Å². The molecule has 0 amide bonds. The summed E-state index contributed by atoms with van der Waals surface area (Å²) < 4.78 is 20.9. The number of imidazole rings is 1. The van der Waals surface area contributed by atoms with Gasteiger partial charge in [0.2, 0.25) is 0 Å². The number of hydrogen-bond donors (Lipinski definition) is 0. The third-order valence-corrected chi connectivity index (χ3v) is 5.59. The Kier molecular flexibility index (Phi) is 5.57. The number of esters is 1. The predicted octanol–water partition coefficient (Wildman–Crippen LogP) is 4.70. The molecule has 0 atom stereocenters. The second-order valence-corrected chi connectivity index (χ2v) is 7.36. The van der Waals surface area contributed by atoms with Crippen molar-refractivity contribution in [3.63, 3.8) is 0 Å². The van der Waals surface area contributed by atoms with Crippen LogP contribution in [-0.2, 0) is 17.0 Å². The zero-order chi connectivity index (χ0) is 20.2. The molecule has 0 spiro atoms. The van der Waals surface area contributed by atoms with E-state index in [9.17, 15) is 9.18 Å². The van der Waals surface area contributed by atoms with E-state index in [-0.39, 0.29) is 11.8 Å². The molecule has 0 saturated carbocycles. The van der Waals surface area contributed by atoms with Crippen molar-refractivity contribution in [3.8, 4) is 0 Å². The number of pyridine rings is 1. The van der Waals surface area contributed by atoms with Crippen molar-refractivity contribution in [3.05, 3.63) is 89.5 Å². The Hall–Kier alpha value is -3.19. The lowest BCUT2D eigenvalue weighted by Gasteiger charge is -2.10. The number of rotatable bonds is 6. The molecule has 7 heteroatoms. The Morgan fingerprint density at radius 3 is 2.69 bits per heavy atom. The fourth-order valence-corrected chi connectivity index (χ4v) is 3.98. The van der Waals surface area contributed by atoms with E-state index < -0.39 is 0 Å². The van der Waals surface area contributed by atoms with Crippen LogP contribution in [0, 0.1) is 5.82 Å². The highest BCUT2D eigenvalue weighted by atomic mass is 32.2. The molecule has 0 radical (unpaired) electrons. The molecule has 2 heterocycles. The van der Waals surface area contributed by atoms with Crippen LogP contribution in [0.5, 0.6) is 0 Å². The first-order chi connectivity index (χ1) is 14.2. The van der Waals surface area contributed by atoms with E-state index in [0.29, 0.717) is 23.4 Å². The van der Waals surface area contributed by atoms with Crippen LogP contribution in [-0.4, -0.2) is 27.6 Å². The molecule has 146 valence electrons. The number of methoxy groups -OCH3 is 1. The summed E-state index contributed by atoms with van der Waals surface area (Å²) in [7, 11) is 1.36. The van der Waals surface area contributed by atoms with Crippen molar-refractivity contribution in [2.75, 3.05) is 7.11 Å². The summed E-state index contributed by atoms with van der Waals surface area (Å²) in [5.41, 5.74) is 3.84. The van der Waals surface area contributed by atoms with Crippen molar-refractivity contribution in [1.82, 2.24) is 14.5 Å². The minimum atomic E-state index is -0.358. The molecule has 29 heavy (non-hydrogen) atoms. The van der Waals surface area contributed by atoms with Gasteiger partial charge in [0.15, 0.2) is 5.16 Å². The fourth-order valence-electron chi connectivity index (χ4n) is 3.01. The second kappa shape index (κ2) is 8.45. The van der Waals surface area contributed by atoms with E-state index in [4.69, 9.17) is 9.72 Å². The lowest BCUT2D eigenvalue weighted by atomic mass is 10.1. The number of aromatic nitrogens is 3. The number of halogens is 1. The smallest absolute Gasteiger partial charge is 0.337 e. The molecule has 4 rings (SSSR count). The van der Waals surface area contributed by atoms with E-state index in [1.807, 2.05) is 28.8 Å². The van der Waals surface area contributed by atoms with Gasteiger partial charge < -0.3 is 9.30 Å². The molecular formula is C22H18FN3O2S. The number of fused-ring (bicyclic) bond motifs is 1. The zero-order valence-corrected chi connectivity index (χ0v) is 16.5. The fraction of sp³-hybridized carbons (Fsp3) is 0.136. The van der Waals surface area contributed by atoms with Crippen molar-refractivity contribution < 1.29 is 13.9 Å². The first-order valence-electron chi connectivity index (χ1n) is 8.99. The highest BCUT2D eigenvalue weighted by Gasteiger charge is 2.14. The van der Waals surface area contributed by atoms with Gasteiger partial charge in [-0.1, -0.05) is 42.1 Å². The number of benzene rings is 2. The quantitative estimate of drug-likeness (QED) is 0.343. The predicted molar refractivity (Wildman–Crippen MR) is 110 cm³/mol. The third-order valence-electron chi connectivity index (χ3n) is 4.54. The molecule has 0 unspecified atom stereocenters. The molecule has 0 saturated heterocycles. The number of nitrogens with zero attached hydrogens (tertiary/aromatic N) is 3. The van der Waals surface area contributed by atoms with Gasteiger partial charge in [0.1, 0.15) is 5.82 Å². The summed E-state index contributed by atoms with van der Waals surface area (Å²) in [5.74, 6) is 0.0612. The van der Waals surface area contributed by atoms with Gasteiger partial charge in [-0.25, -0.2) is 14.2 Å². The first-order valence-corrected chi connectivity index (χ1v) is 9.98. The average molecular weight is 407 g/mol. The van der Waals surface area contributed by atoms with E-state index in [1.165, 1.54) is 13.2 Å². The lowest BCUT2D eigenvalue weighted by molar-refractivity contribution is 0.0600. The molecule has 0 N–H and O–H groups in total. The highest BCUT2D eigenvalue weighted by Crippen LogP contribution is 2.28. The van der Waals surface area contributed by atoms with Gasteiger partial charge in [-0.2, -0.15) is 0 Å². The molecule has 0 bridgehead atoms. The van der Waals surface area contributed by atoms with Gasteiger partial charge in [0.05, 0.1) is 36.4 Å². The van der Waals surface area contributed by atoms with Gasteiger partial charge in [-0.3, -0.25) is 4.98 Å². The van der Waals surface area contributed by atoms with E-state index >= 15 is 0 Å². The second-order valence-electron chi connectivity index (χ2n) is 6.41. The molecular weight excluding hydrogens is 389 g/mol. The Morgan fingerprint density at radius 1 is 1.14 bits per heavy atom. The summed E-state index contributed by atoms with van der Waals surface area (Å²) in [6, 6.07) is 15.9. The Morgan fingerprint density at radius 2 is 1.93 bits per heavy atom. The third kappa shape index (κ3) is 4.14. The van der Waals surface area contributed by atoms with Gasteiger partial charge in [0, 0.05) is 17.5 Å². The van der Waals surface area contributed by atoms with Gasteiger partial charge in [-0.15, -0.1) is 0 Å². The summed E-state index contributed by atoms with van der Waals surface area (Å²) in [5, 5.41) is 0.785. The normalized spacial score (nSPS) is 11.0. The van der Waals surface area contributed by atoms with Crippen LogP contribution in [0.2, 0.25) is 0 Å². The van der Waals surface area contributed by atoms with Crippen molar-refractivity contribution in [1.29, 1.82) is 0 Å². The monoisotopic (exact) mass is 407 g/mol. The molecule has 2 aromatic carbocycles. The minimum absolute atomic E-state index is 0.243.